The van der Waals surface area contributed by atoms with E-state index >= 15 is 0 Å². The van der Waals surface area contributed by atoms with Gasteiger partial charge in [-0.1, -0.05) is 44.4 Å². The monoisotopic (exact) mass is 487 g/mol. The summed E-state index contributed by atoms with van der Waals surface area (Å²) in [6.07, 6.45) is 6.57. The van der Waals surface area contributed by atoms with Crippen LogP contribution in [0.25, 0.3) is 0 Å². The lowest BCUT2D eigenvalue weighted by Gasteiger charge is -2.22. The molecule has 1 fully saturated rings. The van der Waals surface area contributed by atoms with E-state index in [1.165, 1.54) is 37.7 Å². The van der Waals surface area contributed by atoms with Crippen molar-refractivity contribution in [2.75, 3.05) is 24.4 Å². The Kier molecular flexibility index (Phi) is 13.5. The Morgan fingerprint density at radius 2 is 1.71 bits per heavy atom. The van der Waals surface area contributed by atoms with Gasteiger partial charge in [0.25, 0.3) is 6.47 Å². The summed E-state index contributed by atoms with van der Waals surface area (Å²) in [5.41, 5.74) is 8.65. The number of nitrogens with one attached hydrogen (secondary N) is 2. The van der Waals surface area contributed by atoms with Crippen molar-refractivity contribution in [3.05, 3.63) is 53.6 Å². The summed E-state index contributed by atoms with van der Waals surface area (Å²) >= 11 is 0. The minimum atomic E-state index is -0.456. The molecule has 3 amide bonds. The van der Waals surface area contributed by atoms with Crippen LogP contribution in [-0.4, -0.2) is 42.3 Å². The van der Waals surface area contributed by atoms with Crippen LogP contribution in [0.15, 0.2) is 42.5 Å². The smallest absolute Gasteiger partial charge is 0.323 e. The van der Waals surface area contributed by atoms with Gasteiger partial charge >= 0.3 is 6.03 Å². The van der Waals surface area contributed by atoms with Crippen LogP contribution in [0.4, 0.5) is 16.2 Å². The highest BCUT2D eigenvalue weighted by Gasteiger charge is 2.15. The molecule has 9 heteroatoms. The first kappa shape index (κ1) is 29.4. The standard InChI is InChI=1S/C21H26N2O2.C4H9NO2.CH2O2/c1-15-8-13-20(25-2)19(14-15)23-21(24)22-18-11-9-17(10-12-18)16-6-4-3-5-7-16;1-3(2-6)4(5)7;2-1-3/h8-14,16H,3-7H2,1-2H3,(H2,22,23,24);3,6H,2H2,1H3,(H2,5,7);1H,(H,2,3). The van der Waals surface area contributed by atoms with Crippen LogP contribution in [0.2, 0.25) is 0 Å². The minimum Gasteiger partial charge on any atom is -0.495 e. The molecule has 1 aliphatic carbocycles. The molecule has 0 saturated heterocycles. The number of benzene rings is 2. The number of aryl methyl sites for hydroxylation is 1. The molecule has 1 unspecified atom stereocenters. The molecule has 35 heavy (non-hydrogen) atoms. The van der Waals surface area contributed by atoms with Crippen LogP contribution in [0, 0.1) is 12.8 Å². The van der Waals surface area contributed by atoms with Crippen molar-refractivity contribution >= 4 is 29.8 Å². The number of urea groups is 1. The maximum atomic E-state index is 12.3. The number of carbonyl (C=O) groups excluding carboxylic acids is 2. The Labute approximate surface area is 206 Å². The van der Waals surface area contributed by atoms with Gasteiger partial charge in [-0.25, -0.2) is 4.79 Å². The quantitative estimate of drug-likeness (QED) is 0.379. The molecule has 1 saturated carbocycles. The topological polar surface area (TPSA) is 151 Å². The second kappa shape index (κ2) is 16.1. The van der Waals surface area contributed by atoms with Crippen molar-refractivity contribution in [2.24, 2.45) is 11.7 Å². The molecule has 0 aromatic heterocycles. The zero-order valence-electron chi connectivity index (χ0n) is 20.6. The summed E-state index contributed by atoms with van der Waals surface area (Å²) < 4.78 is 5.29. The number of methoxy groups -OCH3 is 1. The Morgan fingerprint density at radius 3 is 2.20 bits per heavy atom. The predicted octanol–water partition coefficient (Wildman–Crippen LogP) is 4.50. The molecule has 0 bridgehead atoms. The first-order chi connectivity index (χ1) is 16.7. The van der Waals surface area contributed by atoms with Gasteiger partial charge in [-0.3, -0.25) is 9.59 Å². The average molecular weight is 488 g/mol. The van der Waals surface area contributed by atoms with E-state index in [2.05, 4.69) is 22.8 Å². The molecule has 0 radical (unpaired) electrons. The zero-order valence-corrected chi connectivity index (χ0v) is 20.6. The number of hydrogen-bond acceptors (Lipinski definition) is 5. The Balaban J connectivity index is 0.000000521. The van der Waals surface area contributed by atoms with E-state index in [4.69, 9.17) is 25.5 Å². The van der Waals surface area contributed by atoms with E-state index in [-0.39, 0.29) is 19.1 Å². The molecule has 1 atom stereocenters. The third kappa shape index (κ3) is 10.9. The van der Waals surface area contributed by atoms with Crippen LogP contribution < -0.4 is 21.1 Å². The van der Waals surface area contributed by atoms with E-state index < -0.39 is 11.8 Å². The van der Waals surface area contributed by atoms with Gasteiger partial charge in [-0.2, -0.15) is 0 Å². The van der Waals surface area contributed by atoms with Crippen LogP contribution in [0.1, 0.15) is 56.1 Å². The van der Waals surface area contributed by atoms with E-state index in [1.54, 1.807) is 14.0 Å². The molecule has 2 aromatic carbocycles. The van der Waals surface area contributed by atoms with E-state index in [1.807, 2.05) is 37.3 Å². The van der Waals surface area contributed by atoms with Gasteiger partial charge in [-0.15, -0.1) is 0 Å². The van der Waals surface area contributed by atoms with Crippen molar-refractivity contribution in [1.82, 2.24) is 0 Å². The summed E-state index contributed by atoms with van der Waals surface area (Å²) in [6, 6.07) is 13.7. The van der Waals surface area contributed by atoms with Gasteiger partial charge in [0.15, 0.2) is 0 Å². The average Bonchev–Trinajstić information content (AvgIpc) is 2.85. The van der Waals surface area contributed by atoms with Crippen molar-refractivity contribution in [3.8, 4) is 5.75 Å². The molecule has 6 N–H and O–H groups in total. The largest absolute Gasteiger partial charge is 0.495 e. The maximum Gasteiger partial charge on any atom is 0.323 e. The summed E-state index contributed by atoms with van der Waals surface area (Å²) in [5, 5.41) is 20.8. The second-order valence-corrected chi connectivity index (χ2v) is 8.33. The fourth-order valence-corrected chi connectivity index (χ4v) is 3.57. The lowest BCUT2D eigenvalue weighted by atomic mass is 9.84. The summed E-state index contributed by atoms with van der Waals surface area (Å²) in [4.78, 5) is 30.6. The SMILES string of the molecule is CC(CO)C(N)=O.COc1ccc(C)cc1NC(=O)Nc1ccc(C2CCCCC2)cc1.O=CO. The van der Waals surface area contributed by atoms with Gasteiger partial charge in [0.2, 0.25) is 5.91 Å². The van der Waals surface area contributed by atoms with E-state index in [9.17, 15) is 9.59 Å². The highest BCUT2D eigenvalue weighted by Crippen LogP contribution is 2.33. The number of amides is 3. The number of rotatable bonds is 6. The fraction of sp³-hybridized carbons (Fsp3) is 0.423. The number of hydrogen-bond donors (Lipinski definition) is 5. The molecule has 0 heterocycles. The van der Waals surface area contributed by atoms with Crippen LogP contribution in [0.3, 0.4) is 0 Å². The van der Waals surface area contributed by atoms with Crippen LogP contribution in [-0.2, 0) is 9.59 Å². The highest BCUT2D eigenvalue weighted by atomic mass is 16.5. The molecule has 3 rings (SSSR count). The first-order valence-corrected chi connectivity index (χ1v) is 11.6. The first-order valence-electron chi connectivity index (χ1n) is 11.6. The van der Waals surface area contributed by atoms with Crippen molar-refractivity contribution < 1.29 is 29.3 Å². The van der Waals surface area contributed by atoms with Crippen molar-refractivity contribution in [2.45, 2.75) is 51.9 Å². The van der Waals surface area contributed by atoms with Crippen molar-refractivity contribution in [3.63, 3.8) is 0 Å². The van der Waals surface area contributed by atoms with Crippen molar-refractivity contribution in [1.29, 1.82) is 0 Å². The highest BCUT2D eigenvalue weighted by molar-refractivity contribution is 6.00. The van der Waals surface area contributed by atoms with Gasteiger partial charge in [0.05, 0.1) is 25.3 Å². The van der Waals surface area contributed by atoms with Crippen LogP contribution in [0.5, 0.6) is 5.75 Å². The number of nitrogens with two attached hydrogens (primary N) is 1. The zero-order chi connectivity index (χ0) is 26.2. The normalized spacial score (nSPS) is 13.6. The summed E-state index contributed by atoms with van der Waals surface area (Å²) in [6.45, 7) is 3.14. The predicted molar refractivity (Wildman–Crippen MR) is 137 cm³/mol. The van der Waals surface area contributed by atoms with Gasteiger partial charge in [-0.05, 0) is 61.1 Å². The number of carbonyl (C=O) groups is 3. The fourth-order valence-electron chi connectivity index (χ4n) is 3.57. The lowest BCUT2D eigenvalue weighted by Crippen LogP contribution is -2.22. The molecule has 2 aromatic rings. The Hall–Kier alpha value is -3.59. The number of ether oxygens (including phenoxy) is 1. The van der Waals surface area contributed by atoms with E-state index in [0.29, 0.717) is 17.4 Å². The van der Waals surface area contributed by atoms with Gasteiger partial charge in [0, 0.05) is 5.69 Å². The number of aliphatic hydroxyl groups excluding tert-OH is 1. The molecule has 9 nitrogen and oxygen atoms in total. The van der Waals surface area contributed by atoms with Crippen LogP contribution >= 0.6 is 0 Å². The summed E-state index contributed by atoms with van der Waals surface area (Å²) in [5.74, 6) is 0.462. The molecular formula is C26H37N3O6. The maximum absolute atomic E-state index is 12.3. The summed E-state index contributed by atoms with van der Waals surface area (Å²) in [7, 11) is 1.59. The van der Waals surface area contributed by atoms with Gasteiger partial charge in [0.1, 0.15) is 5.75 Å². The molecule has 0 spiro atoms. The molecular weight excluding hydrogens is 450 g/mol. The Bertz CT molecular complexity index is 927. The van der Waals surface area contributed by atoms with Gasteiger partial charge < -0.3 is 31.3 Å². The third-order valence-electron chi connectivity index (χ3n) is 5.61. The van der Waals surface area contributed by atoms with E-state index in [0.717, 1.165) is 11.3 Å². The number of carboxylic acid groups (broad SMARTS) is 1. The Morgan fingerprint density at radius 1 is 1.11 bits per heavy atom. The number of primary amides is 1. The molecule has 0 aliphatic heterocycles. The third-order valence-corrected chi connectivity index (χ3v) is 5.61. The lowest BCUT2D eigenvalue weighted by molar-refractivity contribution is -0.123. The molecule has 1 aliphatic rings. The second-order valence-electron chi connectivity index (χ2n) is 8.33. The minimum absolute atomic E-state index is 0.157. The molecule has 192 valence electrons. The number of anilines is 2. The number of aliphatic hydroxyl groups is 1.